The van der Waals surface area contributed by atoms with Crippen molar-refractivity contribution < 1.29 is 38.2 Å². The van der Waals surface area contributed by atoms with Crippen molar-refractivity contribution in [2.75, 3.05) is 6.61 Å². The highest BCUT2D eigenvalue weighted by molar-refractivity contribution is 7.50. The van der Waals surface area contributed by atoms with Crippen molar-refractivity contribution in [2.45, 2.75) is 32.1 Å². The van der Waals surface area contributed by atoms with Crippen LogP contribution in [0.3, 0.4) is 0 Å². The van der Waals surface area contributed by atoms with E-state index >= 15 is 0 Å². The average molecular weight is 374 g/mol. The lowest BCUT2D eigenvalue weighted by molar-refractivity contribution is -0.138. The number of aliphatic carboxylic acids is 1. The second kappa shape index (κ2) is 7.59. The maximum absolute atomic E-state index is 11.9. The van der Waals surface area contributed by atoms with Gasteiger partial charge in [0.25, 0.3) is 5.91 Å². The molecule has 2 aliphatic heterocycles. The molecule has 0 radical (unpaired) electrons. The van der Waals surface area contributed by atoms with Crippen LogP contribution >= 0.6 is 7.75 Å². The number of ether oxygens (including phenoxy) is 1. The molecule has 0 aromatic carbocycles. The van der Waals surface area contributed by atoms with Gasteiger partial charge in [-0.15, -0.1) is 0 Å². The molecule has 2 heterocycles. The van der Waals surface area contributed by atoms with Gasteiger partial charge in [-0.25, -0.2) is 9.65 Å². The predicted molar refractivity (Wildman–Crippen MR) is 84.2 cm³/mol. The molecular weight excluding hydrogens is 355 g/mol. The molecule has 2 rings (SSSR count). The van der Waals surface area contributed by atoms with Gasteiger partial charge in [0, 0.05) is 5.57 Å². The third kappa shape index (κ3) is 5.07. The molecule has 4 N–H and O–H groups in total. The van der Waals surface area contributed by atoms with E-state index in [2.05, 4.69) is 5.32 Å². The highest BCUT2D eigenvalue weighted by Crippen LogP contribution is 2.38. The maximum atomic E-state index is 11.9. The summed E-state index contributed by atoms with van der Waals surface area (Å²) < 4.78 is 22.2. The van der Waals surface area contributed by atoms with Gasteiger partial charge in [-0.1, -0.05) is 18.2 Å². The van der Waals surface area contributed by atoms with Gasteiger partial charge in [0.2, 0.25) is 5.91 Å². The molecule has 0 saturated carbocycles. The third-order valence-corrected chi connectivity index (χ3v) is 4.88. The van der Waals surface area contributed by atoms with E-state index in [1.165, 1.54) is 13.0 Å². The molecule has 0 bridgehead atoms. The van der Waals surface area contributed by atoms with Crippen molar-refractivity contribution >= 4 is 25.5 Å². The molecule has 0 saturated heterocycles. The van der Waals surface area contributed by atoms with Crippen molar-refractivity contribution in [3.05, 3.63) is 23.8 Å². The predicted octanol–water partition coefficient (Wildman–Crippen LogP) is -0.291. The number of hydrogen-bond donors (Lipinski definition) is 4. The van der Waals surface area contributed by atoms with Crippen LogP contribution in [0.4, 0.5) is 0 Å². The van der Waals surface area contributed by atoms with Crippen LogP contribution in [0.1, 0.15) is 13.8 Å². The van der Waals surface area contributed by atoms with E-state index in [0.29, 0.717) is 5.57 Å². The summed E-state index contributed by atoms with van der Waals surface area (Å²) in [5.74, 6) is -2.93. The summed E-state index contributed by atoms with van der Waals surface area (Å²) in [4.78, 5) is 43.5. The Hall–Kier alpha value is -1.84. The van der Waals surface area contributed by atoms with Gasteiger partial charge in [0.1, 0.15) is 12.1 Å². The fourth-order valence-electron chi connectivity index (χ4n) is 2.30. The smallest absolute Gasteiger partial charge is 0.403 e. The average Bonchev–Trinajstić information content (AvgIpc) is 2.97. The van der Waals surface area contributed by atoms with Crippen molar-refractivity contribution in [3.63, 3.8) is 0 Å². The number of imide groups is 1. The summed E-state index contributed by atoms with van der Waals surface area (Å²) >= 11 is 0. The van der Waals surface area contributed by atoms with Gasteiger partial charge in [0.15, 0.2) is 0 Å². The van der Waals surface area contributed by atoms with E-state index in [0.717, 1.165) is 0 Å². The van der Waals surface area contributed by atoms with Gasteiger partial charge in [0.05, 0.1) is 18.6 Å². The summed E-state index contributed by atoms with van der Waals surface area (Å²) in [6.45, 7) is 2.47. The van der Waals surface area contributed by atoms with Gasteiger partial charge in [-0.3, -0.25) is 24.2 Å². The minimum Gasteiger partial charge on any atom is -0.480 e. The SMILES string of the molecule is CC1=CC([C@H]2C=C[C@@H](COP(=O)(O)NC(C)C(=O)O)O2)C(=O)NC1=O. The number of carbonyl (C=O) groups excluding carboxylic acids is 2. The molecular formula is C14H19N2O8P. The fraction of sp³-hybridized carbons (Fsp3) is 0.500. The minimum atomic E-state index is -4.32. The first kappa shape index (κ1) is 19.5. The molecule has 0 aromatic rings. The quantitative estimate of drug-likeness (QED) is 0.268. The Balaban J connectivity index is 1.89. The summed E-state index contributed by atoms with van der Waals surface area (Å²) in [7, 11) is -4.32. The van der Waals surface area contributed by atoms with Crippen LogP contribution < -0.4 is 10.4 Å². The Bertz CT molecular complexity index is 688. The van der Waals surface area contributed by atoms with E-state index in [-0.39, 0.29) is 6.61 Å². The topological polar surface area (TPSA) is 151 Å². The zero-order valence-electron chi connectivity index (χ0n) is 13.5. The van der Waals surface area contributed by atoms with E-state index in [1.807, 2.05) is 5.09 Å². The molecule has 5 atom stereocenters. The Morgan fingerprint density at radius 1 is 1.48 bits per heavy atom. The van der Waals surface area contributed by atoms with Crippen molar-refractivity contribution in [3.8, 4) is 0 Å². The number of carbonyl (C=O) groups is 3. The number of carboxylic acids is 1. The van der Waals surface area contributed by atoms with Crippen LogP contribution in [0, 0.1) is 5.92 Å². The van der Waals surface area contributed by atoms with E-state index in [9.17, 15) is 23.8 Å². The fourth-order valence-corrected chi connectivity index (χ4v) is 3.32. The molecule has 0 spiro atoms. The highest BCUT2D eigenvalue weighted by atomic mass is 31.2. The van der Waals surface area contributed by atoms with Crippen LogP contribution in [0.2, 0.25) is 0 Å². The summed E-state index contributed by atoms with van der Waals surface area (Å²) in [5, 5.41) is 12.9. The number of amides is 2. The Morgan fingerprint density at radius 2 is 2.16 bits per heavy atom. The van der Waals surface area contributed by atoms with Crippen molar-refractivity contribution in [1.29, 1.82) is 0 Å². The molecule has 0 fully saturated rings. The number of rotatable bonds is 7. The van der Waals surface area contributed by atoms with Gasteiger partial charge < -0.3 is 14.7 Å². The van der Waals surface area contributed by atoms with E-state index in [4.69, 9.17) is 14.4 Å². The number of nitrogens with one attached hydrogen (secondary N) is 2. The molecule has 25 heavy (non-hydrogen) atoms. The summed E-state index contributed by atoms with van der Waals surface area (Å²) in [6.07, 6.45) is 3.35. The zero-order valence-corrected chi connectivity index (χ0v) is 14.4. The summed E-state index contributed by atoms with van der Waals surface area (Å²) in [6, 6.07) is -1.26. The number of carboxylic acid groups (broad SMARTS) is 1. The lowest BCUT2D eigenvalue weighted by Crippen LogP contribution is -2.44. The zero-order chi connectivity index (χ0) is 18.8. The Morgan fingerprint density at radius 3 is 2.80 bits per heavy atom. The highest BCUT2D eigenvalue weighted by Gasteiger charge is 2.36. The Labute approximate surface area is 143 Å². The van der Waals surface area contributed by atoms with Crippen LogP contribution in [0.25, 0.3) is 0 Å². The first-order valence-electron chi connectivity index (χ1n) is 7.44. The van der Waals surface area contributed by atoms with E-state index in [1.54, 1.807) is 19.1 Å². The monoisotopic (exact) mass is 374 g/mol. The van der Waals surface area contributed by atoms with Gasteiger partial charge in [-0.2, -0.15) is 0 Å². The molecule has 11 heteroatoms. The molecule has 10 nitrogen and oxygen atoms in total. The normalized spacial score (nSPS) is 29.7. The standard InChI is InChI=1S/C14H19N2O8P/c1-7-5-10(13(18)15-12(7)17)11-4-3-9(24-11)6-23-25(21,22)16-8(2)14(19)20/h3-5,8-11H,6H2,1-2H3,(H,19,20)(H,15,17,18)(H2,16,21,22)/t8?,9-,10?,11+/m0/s1. The Kier molecular flexibility index (Phi) is 5.91. The molecule has 0 aliphatic carbocycles. The number of hydrogen-bond acceptors (Lipinski definition) is 6. The third-order valence-electron chi connectivity index (χ3n) is 3.67. The van der Waals surface area contributed by atoms with Crippen molar-refractivity contribution in [2.24, 2.45) is 5.92 Å². The molecule has 2 amide bonds. The van der Waals surface area contributed by atoms with Crippen LogP contribution in [-0.4, -0.2) is 52.6 Å². The summed E-state index contributed by atoms with van der Waals surface area (Å²) in [5.41, 5.74) is 0.396. The molecule has 2 aliphatic rings. The van der Waals surface area contributed by atoms with Crippen LogP contribution in [0.15, 0.2) is 23.8 Å². The first-order chi connectivity index (χ1) is 11.6. The van der Waals surface area contributed by atoms with Gasteiger partial charge in [-0.05, 0) is 13.8 Å². The van der Waals surface area contributed by atoms with Crippen molar-refractivity contribution in [1.82, 2.24) is 10.4 Å². The minimum absolute atomic E-state index is 0.309. The maximum Gasteiger partial charge on any atom is 0.403 e. The van der Waals surface area contributed by atoms with Crippen LogP contribution in [0.5, 0.6) is 0 Å². The lowest BCUT2D eigenvalue weighted by Gasteiger charge is -2.24. The first-order valence-corrected chi connectivity index (χ1v) is 9.02. The van der Waals surface area contributed by atoms with Gasteiger partial charge >= 0.3 is 13.7 Å². The van der Waals surface area contributed by atoms with Crippen LogP contribution in [-0.2, 0) is 28.2 Å². The largest absolute Gasteiger partial charge is 0.480 e. The second-order valence-electron chi connectivity index (χ2n) is 5.72. The lowest BCUT2D eigenvalue weighted by atomic mass is 9.95. The molecule has 0 aromatic heterocycles. The molecule has 3 unspecified atom stereocenters. The second-order valence-corrected chi connectivity index (χ2v) is 7.28. The van der Waals surface area contributed by atoms with E-state index < -0.39 is 49.7 Å². The molecule has 138 valence electrons.